The summed E-state index contributed by atoms with van der Waals surface area (Å²) in [6.07, 6.45) is 5.81. The Balaban J connectivity index is 1.35. The van der Waals surface area contributed by atoms with Crippen molar-refractivity contribution in [2.24, 2.45) is 11.3 Å². The van der Waals surface area contributed by atoms with Crippen LogP contribution in [0.15, 0.2) is 84.9 Å². The molecule has 6 heteroatoms. The molecule has 1 fully saturated rings. The van der Waals surface area contributed by atoms with Crippen molar-refractivity contribution < 1.29 is 19.4 Å². The molecule has 0 amide bonds. The minimum atomic E-state index is -1.02. The van der Waals surface area contributed by atoms with Gasteiger partial charge >= 0.3 is 5.97 Å². The maximum Gasteiger partial charge on any atom is 0.341 e. The zero-order chi connectivity index (χ0) is 33.6. The fourth-order valence-corrected chi connectivity index (χ4v) is 8.96. The van der Waals surface area contributed by atoms with E-state index in [0.29, 0.717) is 23.3 Å². The second-order valence-electron chi connectivity index (χ2n) is 14.7. The van der Waals surface area contributed by atoms with Crippen LogP contribution < -0.4 is 9.47 Å². The zero-order valence-electron chi connectivity index (χ0n) is 28.8. The van der Waals surface area contributed by atoms with Crippen LogP contribution in [0.1, 0.15) is 76.0 Å². The molecule has 4 aromatic carbocycles. The van der Waals surface area contributed by atoms with Crippen LogP contribution in [0.3, 0.4) is 0 Å². The minimum absolute atomic E-state index is 0.0204. The SMILES string of the molecule is COc1ccc(OCC(=O)O)cc1-c1nc2cc(-c3ccccc3)ccc2n1C[C@@]1(C)CCC[C@]2(C)c3ccc(C(C)C)cc3CC[C@@H]12. The number of carbonyl (C=O) groups is 1. The number of carboxylic acids is 1. The second-order valence-corrected chi connectivity index (χ2v) is 14.7. The molecule has 1 heterocycles. The average Bonchev–Trinajstić information content (AvgIpc) is 3.43. The van der Waals surface area contributed by atoms with Crippen molar-refractivity contribution in [1.29, 1.82) is 0 Å². The highest BCUT2D eigenvalue weighted by atomic mass is 16.5. The van der Waals surface area contributed by atoms with Gasteiger partial charge in [0.15, 0.2) is 6.61 Å². The Bertz CT molecular complexity index is 1980. The summed E-state index contributed by atoms with van der Waals surface area (Å²) in [7, 11) is 1.66. The van der Waals surface area contributed by atoms with Gasteiger partial charge in [0, 0.05) is 6.54 Å². The predicted molar refractivity (Wildman–Crippen MR) is 192 cm³/mol. The van der Waals surface area contributed by atoms with Crippen LogP contribution in [-0.4, -0.2) is 34.3 Å². The lowest BCUT2D eigenvalue weighted by atomic mass is 9.49. The van der Waals surface area contributed by atoms with Crippen molar-refractivity contribution in [3.05, 3.63) is 102 Å². The third kappa shape index (κ3) is 5.65. The molecule has 248 valence electrons. The van der Waals surface area contributed by atoms with Crippen LogP contribution in [0.25, 0.3) is 33.5 Å². The highest BCUT2D eigenvalue weighted by Gasteiger charge is 2.52. The van der Waals surface area contributed by atoms with E-state index in [-0.39, 0.29) is 10.8 Å². The van der Waals surface area contributed by atoms with E-state index in [1.807, 2.05) is 18.2 Å². The second kappa shape index (κ2) is 12.5. The maximum atomic E-state index is 11.3. The maximum absolute atomic E-state index is 11.3. The molecule has 1 N–H and O–H groups in total. The molecule has 0 bridgehead atoms. The quantitative estimate of drug-likeness (QED) is 0.173. The standard InChI is InChI=1S/C42H46N2O4/c1-27(2)29-12-16-34-31(22-29)14-19-38-41(3,20-9-21-42(34,38)4)26-44-36-17-13-30(28-10-7-6-8-11-28)23-35(36)43-40(44)33-24-32(48-25-39(45)46)15-18-37(33)47-5/h6-8,10-13,15-18,22-24,27,38H,9,14,19-21,25-26H2,1-5H3,(H,45,46)/t38-,41+,42+/m0/s1. The van der Waals surface area contributed by atoms with Gasteiger partial charge in [0.25, 0.3) is 0 Å². The molecule has 0 unspecified atom stereocenters. The summed E-state index contributed by atoms with van der Waals surface area (Å²) in [5.74, 6) is 1.96. The van der Waals surface area contributed by atoms with E-state index >= 15 is 0 Å². The van der Waals surface area contributed by atoms with E-state index in [0.717, 1.165) is 52.9 Å². The third-order valence-electron chi connectivity index (χ3n) is 11.3. The van der Waals surface area contributed by atoms with Crippen LogP contribution in [0.5, 0.6) is 11.5 Å². The van der Waals surface area contributed by atoms with Gasteiger partial charge in [-0.15, -0.1) is 0 Å². The van der Waals surface area contributed by atoms with Crippen LogP contribution in [0, 0.1) is 11.3 Å². The van der Waals surface area contributed by atoms with Crippen molar-refractivity contribution in [3.63, 3.8) is 0 Å². The van der Waals surface area contributed by atoms with Gasteiger partial charge < -0.3 is 19.1 Å². The lowest BCUT2D eigenvalue weighted by Crippen LogP contribution is -2.50. The summed E-state index contributed by atoms with van der Waals surface area (Å²) >= 11 is 0. The summed E-state index contributed by atoms with van der Waals surface area (Å²) in [5, 5.41) is 9.28. The van der Waals surface area contributed by atoms with Gasteiger partial charge in [-0.1, -0.05) is 88.7 Å². The number of ether oxygens (including phenoxy) is 2. The van der Waals surface area contributed by atoms with Gasteiger partial charge in [0.05, 0.1) is 23.7 Å². The third-order valence-corrected chi connectivity index (χ3v) is 11.3. The number of carboxylic acid groups (broad SMARTS) is 1. The molecule has 5 aromatic rings. The van der Waals surface area contributed by atoms with Crippen molar-refractivity contribution >= 4 is 17.0 Å². The first-order valence-electron chi connectivity index (χ1n) is 17.3. The monoisotopic (exact) mass is 642 g/mol. The molecule has 1 aromatic heterocycles. The number of aromatic nitrogens is 2. The summed E-state index contributed by atoms with van der Waals surface area (Å²) in [4.78, 5) is 16.6. The molecule has 2 aliphatic carbocycles. The summed E-state index contributed by atoms with van der Waals surface area (Å²) in [6.45, 7) is 9.98. The van der Waals surface area contributed by atoms with Crippen molar-refractivity contribution in [1.82, 2.24) is 9.55 Å². The Labute approximate surface area is 283 Å². The summed E-state index contributed by atoms with van der Waals surface area (Å²) in [6, 6.07) is 29.7. The Kier molecular flexibility index (Phi) is 8.31. The van der Waals surface area contributed by atoms with E-state index in [4.69, 9.17) is 14.5 Å². The number of hydrogen-bond acceptors (Lipinski definition) is 4. The molecule has 0 spiro atoms. The molecule has 0 aliphatic heterocycles. The molecular weight excluding hydrogens is 596 g/mol. The van der Waals surface area contributed by atoms with E-state index in [9.17, 15) is 9.90 Å². The van der Waals surface area contributed by atoms with Crippen molar-refractivity contribution in [2.45, 2.75) is 77.7 Å². The largest absolute Gasteiger partial charge is 0.496 e. The van der Waals surface area contributed by atoms with E-state index < -0.39 is 12.6 Å². The average molecular weight is 643 g/mol. The minimum Gasteiger partial charge on any atom is -0.496 e. The number of rotatable bonds is 9. The lowest BCUT2D eigenvalue weighted by molar-refractivity contribution is -0.139. The van der Waals surface area contributed by atoms with Gasteiger partial charge in [-0.25, -0.2) is 9.78 Å². The smallest absolute Gasteiger partial charge is 0.341 e. The molecule has 1 saturated carbocycles. The Morgan fingerprint density at radius 1 is 0.979 bits per heavy atom. The molecule has 6 nitrogen and oxygen atoms in total. The van der Waals surface area contributed by atoms with Gasteiger partial charge in [-0.3, -0.25) is 0 Å². The Morgan fingerprint density at radius 3 is 2.54 bits per heavy atom. The summed E-state index contributed by atoms with van der Waals surface area (Å²) < 4.78 is 13.9. The number of imidazole rings is 1. The molecule has 3 atom stereocenters. The van der Waals surface area contributed by atoms with Gasteiger partial charge in [-0.2, -0.15) is 0 Å². The van der Waals surface area contributed by atoms with Crippen molar-refractivity contribution in [3.8, 4) is 34.0 Å². The molecule has 0 radical (unpaired) electrons. The predicted octanol–water partition coefficient (Wildman–Crippen LogP) is 9.68. The van der Waals surface area contributed by atoms with E-state index in [1.165, 1.54) is 30.4 Å². The molecule has 2 aliphatic rings. The number of nitrogens with zero attached hydrogens (tertiary/aromatic N) is 2. The number of methoxy groups -OCH3 is 1. The fraction of sp³-hybridized carbons (Fsp3) is 0.381. The first-order valence-corrected chi connectivity index (χ1v) is 17.3. The highest BCUT2D eigenvalue weighted by Crippen LogP contribution is 2.58. The number of aryl methyl sites for hydroxylation is 1. The number of hydrogen-bond donors (Lipinski definition) is 1. The van der Waals surface area contributed by atoms with Crippen LogP contribution in [-0.2, 0) is 23.2 Å². The summed E-state index contributed by atoms with van der Waals surface area (Å²) in [5.41, 5.74) is 9.69. The number of fused-ring (bicyclic) bond motifs is 4. The van der Waals surface area contributed by atoms with Gasteiger partial charge in [0.2, 0.25) is 0 Å². The lowest BCUT2D eigenvalue weighted by Gasteiger charge is -2.56. The van der Waals surface area contributed by atoms with Crippen LogP contribution >= 0.6 is 0 Å². The number of aliphatic carboxylic acids is 1. The Morgan fingerprint density at radius 2 is 1.79 bits per heavy atom. The van der Waals surface area contributed by atoms with E-state index in [2.05, 4.69) is 92.9 Å². The first kappa shape index (κ1) is 32.0. The highest BCUT2D eigenvalue weighted by molar-refractivity contribution is 5.86. The first-order chi connectivity index (χ1) is 23.1. The molecule has 0 saturated heterocycles. The zero-order valence-corrected chi connectivity index (χ0v) is 28.8. The number of benzene rings is 4. The van der Waals surface area contributed by atoms with Crippen LogP contribution in [0.4, 0.5) is 0 Å². The Hall–Kier alpha value is -4.58. The van der Waals surface area contributed by atoms with Gasteiger partial charge in [0.1, 0.15) is 17.3 Å². The van der Waals surface area contributed by atoms with Gasteiger partial charge in [-0.05, 0) is 106 Å². The topological polar surface area (TPSA) is 73.6 Å². The fourth-order valence-electron chi connectivity index (χ4n) is 8.96. The van der Waals surface area contributed by atoms with Crippen LogP contribution in [0.2, 0.25) is 0 Å². The van der Waals surface area contributed by atoms with E-state index in [1.54, 1.807) is 18.7 Å². The normalized spacial score (nSPS) is 21.9. The molecule has 48 heavy (non-hydrogen) atoms. The van der Waals surface area contributed by atoms with Crippen molar-refractivity contribution in [2.75, 3.05) is 13.7 Å². The molecular formula is C42H46N2O4. The molecule has 7 rings (SSSR count).